The summed E-state index contributed by atoms with van der Waals surface area (Å²) in [6, 6.07) is 13.5. The summed E-state index contributed by atoms with van der Waals surface area (Å²) < 4.78 is 15.7. The number of nitrogens with one attached hydrogen (secondary N) is 1. The number of methoxy groups -OCH3 is 3. The fraction of sp³-hybridized carbons (Fsp3) is 0.278. The molecule has 0 aliphatic heterocycles. The first-order valence-corrected chi connectivity index (χ1v) is 7.54. The molecule has 0 aliphatic carbocycles. The fourth-order valence-corrected chi connectivity index (χ4v) is 2.19. The van der Waals surface area contributed by atoms with Crippen molar-refractivity contribution >= 4 is 5.96 Å². The maximum Gasteiger partial charge on any atom is 0.189 e. The highest BCUT2D eigenvalue weighted by atomic mass is 16.5. The van der Waals surface area contributed by atoms with E-state index in [1.807, 2.05) is 42.5 Å². The number of ether oxygens (including phenoxy) is 3. The minimum absolute atomic E-state index is 0.382. The van der Waals surface area contributed by atoms with Gasteiger partial charge in [-0.15, -0.1) is 0 Å². The summed E-state index contributed by atoms with van der Waals surface area (Å²) in [7, 11) is 4.86. The smallest absolute Gasteiger partial charge is 0.189 e. The van der Waals surface area contributed by atoms with E-state index in [2.05, 4.69) is 10.3 Å². The zero-order chi connectivity index (χ0) is 17.4. The first-order chi connectivity index (χ1) is 11.7. The molecule has 6 heteroatoms. The molecule has 0 aliphatic rings. The average molecular weight is 329 g/mol. The Kier molecular flexibility index (Phi) is 6.31. The second-order valence-corrected chi connectivity index (χ2v) is 5.10. The molecule has 24 heavy (non-hydrogen) atoms. The Bertz CT molecular complexity index is 702. The van der Waals surface area contributed by atoms with Crippen molar-refractivity contribution in [2.75, 3.05) is 21.3 Å². The lowest BCUT2D eigenvalue weighted by atomic mass is 10.2. The molecule has 6 nitrogen and oxygen atoms in total. The minimum atomic E-state index is 0.382. The largest absolute Gasteiger partial charge is 0.497 e. The van der Waals surface area contributed by atoms with Crippen molar-refractivity contribution in [3.05, 3.63) is 53.6 Å². The van der Waals surface area contributed by atoms with Gasteiger partial charge in [-0.2, -0.15) is 0 Å². The molecular formula is C18H23N3O3. The van der Waals surface area contributed by atoms with Crippen LogP contribution >= 0.6 is 0 Å². The quantitative estimate of drug-likeness (QED) is 0.602. The Balaban J connectivity index is 1.93. The number of hydrogen-bond acceptors (Lipinski definition) is 4. The molecular weight excluding hydrogens is 306 g/mol. The highest BCUT2D eigenvalue weighted by Crippen LogP contribution is 2.27. The van der Waals surface area contributed by atoms with Crippen LogP contribution in [-0.2, 0) is 13.1 Å². The SMILES string of the molecule is COc1cccc(CN=C(N)NCc2ccc(OC)c(OC)c2)c1. The van der Waals surface area contributed by atoms with Crippen LogP contribution in [0.25, 0.3) is 0 Å². The molecule has 2 aromatic rings. The number of hydrogen-bond donors (Lipinski definition) is 2. The van der Waals surface area contributed by atoms with E-state index >= 15 is 0 Å². The van der Waals surface area contributed by atoms with Crippen molar-refractivity contribution in [2.45, 2.75) is 13.1 Å². The molecule has 0 fully saturated rings. The van der Waals surface area contributed by atoms with E-state index in [0.717, 1.165) is 16.9 Å². The highest BCUT2D eigenvalue weighted by molar-refractivity contribution is 5.77. The maximum absolute atomic E-state index is 5.92. The van der Waals surface area contributed by atoms with Crippen LogP contribution in [0, 0.1) is 0 Å². The second kappa shape index (κ2) is 8.67. The third-order valence-corrected chi connectivity index (χ3v) is 3.49. The summed E-state index contributed by atoms with van der Waals surface area (Å²) in [6.07, 6.45) is 0. The van der Waals surface area contributed by atoms with Gasteiger partial charge < -0.3 is 25.3 Å². The van der Waals surface area contributed by atoms with Crippen molar-refractivity contribution < 1.29 is 14.2 Å². The summed E-state index contributed by atoms with van der Waals surface area (Å²) in [6.45, 7) is 1.04. The number of rotatable bonds is 7. The van der Waals surface area contributed by atoms with Crippen LogP contribution in [0.15, 0.2) is 47.5 Å². The highest BCUT2D eigenvalue weighted by Gasteiger charge is 2.04. The molecule has 0 saturated carbocycles. The van der Waals surface area contributed by atoms with Gasteiger partial charge in [-0.3, -0.25) is 0 Å². The van der Waals surface area contributed by atoms with Crippen LogP contribution in [0.1, 0.15) is 11.1 Å². The van der Waals surface area contributed by atoms with Gasteiger partial charge in [-0.25, -0.2) is 4.99 Å². The Hall–Kier alpha value is -2.89. The first-order valence-electron chi connectivity index (χ1n) is 7.54. The fourth-order valence-electron chi connectivity index (χ4n) is 2.19. The summed E-state index contributed by atoms with van der Waals surface area (Å²) in [4.78, 5) is 4.33. The van der Waals surface area contributed by atoms with Crippen LogP contribution in [0.3, 0.4) is 0 Å². The molecule has 0 saturated heterocycles. The van der Waals surface area contributed by atoms with Crippen LogP contribution in [0.2, 0.25) is 0 Å². The zero-order valence-corrected chi connectivity index (χ0v) is 14.2. The summed E-state index contributed by atoms with van der Waals surface area (Å²) >= 11 is 0. The molecule has 0 aromatic heterocycles. The molecule has 0 bridgehead atoms. The van der Waals surface area contributed by atoms with E-state index in [0.29, 0.717) is 30.5 Å². The monoisotopic (exact) mass is 329 g/mol. The van der Waals surface area contributed by atoms with E-state index in [-0.39, 0.29) is 0 Å². The molecule has 0 radical (unpaired) electrons. The predicted molar refractivity (Wildman–Crippen MR) is 94.7 cm³/mol. The number of benzene rings is 2. The van der Waals surface area contributed by atoms with E-state index in [9.17, 15) is 0 Å². The summed E-state index contributed by atoms with van der Waals surface area (Å²) in [5.41, 5.74) is 7.97. The van der Waals surface area contributed by atoms with Gasteiger partial charge in [0, 0.05) is 6.54 Å². The van der Waals surface area contributed by atoms with E-state index in [4.69, 9.17) is 19.9 Å². The Morgan fingerprint density at radius 1 is 0.958 bits per heavy atom. The van der Waals surface area contributed by atoms with Crippen LogP contribution in [0.4, 0.5) is 0 Å². The van der Waals surface area contributed by atoms with Crippen molar-refractivity contribution in [1.29, 1.82) is 0 Å². The van der Waals surface area contributed by atoms with Gasteiger partial charge in [-0.05, 0) is 35.4 Å². The molecule has 0 atom stereocenters. The topological polar surface area (TPSA) is 78.1 Å². The third-order valence-electron chi connectivity index (χ3n) is 3.49. The number of nitrogens with zero attached hydrogens (tertiary/aromatic N) is 1. The molecule has 3 N–H and O–H groups in total. The lowest BCUT2D eigenvalue weighted by Gasteiger charge is -2.10. The number of nitrogens with two attached hydrogens (primary N) is 1. The van der Waals surface area contributed by atoms with E-state index < -0.39 is 0 Å². The Morgan fingerprint density at radius 3 is 2.46 bits per heavy atom. The predicted octanol–water partition coefficient (Wildman–Crippen LogP) is 2.32. The normalized spacial score (nSPS) is 11.0. The van der Waals surface area contributed by atoms with Gasteiger partial charge in [0.1, 0.15) is 5.75 Å². The van der Waals surface area contributed by atoms with E-state index in [1.54, 1.807) is 21.3 Å². The van der Waals surface area contributed by atoms with Crippen molar-refractivity contribution in [1.82, 2.24) is 5.32 Å². The first kappa shape index (κ1) is 17.5. The molecule has 0 amide bonds. The maximum atomic E-state index is 5.92. The van der Waals surface area contributed by atoms with Gasteiger partial charge in [0.05, 0.1) is 27.9 Å². The average Bonchev–Trinajstić information content (AvgIpc) is 2.64. The summed E-state index contributed by atoms with van der Waals surface area (Å²) in [5, 5.41) is 3.09. The van der Waals surface area contributed by atoms with Crippen LogP contribution < -0.4 is 25.3 Å². The van der Waals surface area contributed by atoms with Gasteiger partial charge in [0.2, 0.25) is 0 Å². The Morgan fingerprint density at radius 2 is 1.75 bits per heavy atom. The Labute approximate surface area is 142 Å². The van der Waals surface area contributed by atoms with Crippen molar-refractivity contribution in [3.8, 4) is 17.2 Å². The lowest BCUT2D eigenvalue weighted by Crippen LogP contribution is -2.31. The molecule has 128 valence electrons. The summed E-state index contributed by atoms with van der Waals surface area (Å²) in [5.74, 6) is 2.57. The molecule has 0 heterocycles. The minimum Gasteiger partial charge on any atom is -0.497 e. The van der Waals surface area contributed by atoms with Crippen LogP contribution in [-0.4, -0.2) is 27.3 Å². The second-order valence-electron chi connectivity index (χ2n) is 5.10. The molecule has 2 rings (SSSR count). The van der Waals surface area contributed by atoms with Crippen molar-refractivity contribution in [2.24, 2.45) is 10.7 Å². The van der Waals surface area contributed by atoms with Crippen molar-refractivity contribution in [3.63, 3.8) is 0 Å². The lowest BCUT2D eigenvalue weighted by molar-refractivity contribution is 0.354. The molecule has 0 spiro atoms. The number of aliphatic imine (C=N–C) groups is 1. The van der Waals surface area contributed by atoms with Crippen LogP contribution in [0.5, 0.6) is 17.2 Å². The van der Waals surface area contributed by atoms with E-state index in [1.165, 1.54) is 0 Å². The van der Waals surface area contributed by atoms with Gasteiger partial charge in [0.25, 0.3) is 0 Å². The van der Waals surface area contributed by atoms with Gasteiger partial charge in [-0.1, -0.05) is 18.2 Å². The number of guanidine groups is 1. The molecule has 2 aromatic carbocycles. The van der Waals surface area contributed by atoms with Gasteiger partial charge in [0.15, 0.2) is 17.5 Å². The standard InChI is InChI=1S/C18H23N3O3/c1-22-15-6-4-5-13(9-15)11-20-18(19)21-12-14-7-8-16(23-2)17(10-14)24-3/h4-10H,11-12H2,1-3H3,(H3,19,20,21). The van der Waals surface area contributed by atoms with Gasteiger partial charge >= 0.3 is 0 Å². The third kappa shape index (κ3) is 4.81. The zero-order valence-electron chi connectivity index (χ0n) is 14.2. The molecule has 0 unspecified atom stereocenters.